The van der Waals surface area contributed by atoms with Gasteiger partial charge in [-0.1, -0.05) is 23.7 Å². The fraction of sp³-hybridized carbons (Fsp3) is 0.143. The van der Waals surface area contributed by atoms with Gasteiger partial charge < -0.3 is 10.2 Å². The first-order valence-corrected chi connectivity index (χ1v) is 8.15. The number of hydrogen-bond acceptors (Lipinski definition) is 4. The molecule has 0 heterocycles. The molecular weight excluding hydrogens is 346 g/mol. The Balaban J connectivity index is 2.49. The molecule has 0 saturated heterocycles. The molecule has 2 aromatic rings. The van der Waals surface area contributed by atoms with Gasteiger partial charge in [0, 0.05) is 5.02 Å². The van der Waals surface area contributed by atoms with Crippen molar-refractivity contribution < 1.29 is 28.2 Å². The van der Waals surface area contributed by atoms with Gasteiger partial charge in [-0.2, -0.15) is 4.31 Å². The quantitative estimate of drug-likeness (QED) is 0.813. The number of nitrogens with zero attached hydrogens (tertiary/aromatic N) is 1. The third kappa shape index (κ3) is 3.98. The second-order valence-corrected chi connectivity index (χ2v) is 7.09. The Kier molecular flexibility index (Phi) is 4.88. The van der Waals surface area contributed by atoms with E-state index in [1.54, 1.807) is 18.2 Å². The topological polar surface area (TPSA) is 112 Å². The minimum Gasteiger partial charge on any atom is -0.480 e. The fourth-order valence-electron chi connectivity index (χ4n) is 2.03. The first-order chi connectivity index (χ1) is 10.7. The van der Waals surface area contributed by atoms with Gasteiger partial charge in [-0.25, -0.2) is 8.42 Å². The van der Waals surface area contributed by atoms with Gasteiger partial charge >= 0.3 is 11.9 Å². The van der Waals surface area contributed by atoms with Crippen LogP contribution in [0.3, 0.4) is 0 Å². The van der Waals surface area contributed by atoms with E-state index in [1.807, 2.05) is 0 Å². The number of carboxylic acids is 2. The van der Waals surface area contributed by atoms with E-state index >= 15 is 0 Å². The lowest BCUT2D eigenvalue weighted by atomic mass is 10.1. The molecule has 0 amide bonds. The highest BCUT2D eigenvalue weighted by atomic mass is 35.5. The predicted octanol–water partition coefficient (Wildman–Crippen LogP) is 1.65. The summed E-state index contributed by atoms with van der Waals surface area (Å²) < 4.78 is 25.4. The third-order valence-electron chi connectivity index (χ3n) is 3.03. The fourth-order valence-corrected chi connectivity index (χ4v) is 3.59. The third-order valence-corrected chi connectivity index (χ3v) is 5.06. The van der Waals surface area contributed by atoms with Crippen LogP contribution in [-0.2, 0) is 19.6 Å². The molecule has 0 radical (unpaired) electrons. The zero-order valence-corrected chi connectivity index (χ0v) is 13.2. The molecule has 122 valence electrons. The van der Waals surface area contributed by atoms with Gasteiger partial charge in [0.05, 0.1) is 4.90 Å². The molecule has 7 nitrogen and oxygen atoms in total. The average molecular weight is 358 g/mol. The number of halogens is 1. The molecule has 9 heteroatoms. The minimum atomic E-state index is -4.25. The van der Waals surface area contributed by atoms with Crippen molar-refractivity contribution in [3.63, 3.8) is 0 Å². The lowest BCUT2D eigenvalue weighted by Gasteiger charge is -2.18. The van der Waals surface area contributed by atoms with Crippen LogP contribution in [0.25, 0.3) is 10.8 Å². The molecule has 0 atom stereocenters. The summed E-state index contributed by atoms with van der Waals surface area (Å²) in [5.74, 6) is -2.88. The van der Waals surface area contributed by atoms with Crippen LogP contribution in [0, 0.1) is 0 Å². The molecule has 0 saturated carbocycles. The van der Waals surface area contributed by atoms with Crippen molar-refractivity contribution in [1.29, 1.82) is 0 Å². The second-order valence-electron chi connectivity index (χ2n) is 4.71. The molecule has 0 aliphatic carbocycles. The number of aliphatic carboxylic acids is 2. The number of hydrogen-bond donors (Lipinski definition) is 2. The summed E-state index contributed by atoms with van der Waals surface area (Å²) >= 11 is 5.86. The molecular formula is C14H12ClNO6S. The monoisotopic (exact) mass is 357 g/mol. The molecule has 2 rings (SSSR count). The van der Waals surface area contributed by atoms with E-state index in [9.17, 15) is 18.0 Å². The standard InChI is InChI=1S/C14H12ClNO6S/c15-11-3-1-10-6-12(4-2-9(10)5-11)23(21,22)16(7-13(17)18)8-14(19)20/h1-6H,7-8H2,(H,17,18)(H,19,20). The van der Waals surface area contributed by atoms with Crippen molar-refractivity contribution in [2.45, 2.75) is 4.90 Å². The Morgan fingerprint density at radius 3 is 2.04 bits per heavy atom. The molecule has 0 unspecified atom stereocenters. The highest BCUT2D eigenvalue weighted by molar-refractivity contribution is 7.89. The van der Waals surface area contributed by atoms with Gasteiger partial charge in [0.2, 0.25) is 10.0 Å². The van der Waals surface area contributed by atoms with Crippen LogP contribution in [0.5, 0.6) is 0 Å². The Labute approximate surface area is 136 Å². The van der Waals surface area contributed by atoms with E-state index in [0.29, 0.717) is 20.1 Å². The predicted molar refractivity (Wildman–Crippen MR) is 83.0 cm³/mol. The van der Waals surface area contributed by atoms with E-state index in [4.69, 9.17) is 21.8 Å². The molecule has 23 heavy (non-hydrogen) atoms. The van der Waals surface area contributed by atoms with Crippen LogP contribution in [0.2, 0.25) is 5.02 Å². The van der Waals surface area contributed by atoms with Crippen LogP contribution >= 0.6 is 11.6 Å². The van der Waals surface area contributed by atoms with Gasteiger partial charge in [-0.15, -0.1) is 0 Å². The number of rotatable bonds is 6. The zero-order chi connectivity index (χ0) is 17.2. The van der Waals surface area contributed by atoms with Crippen LogP contribution in [0.4, 0.5) is 0 Å². The molecule has 2 aromatic carbocycles. The number of carboxylic acid groups (broad SMARTS) is 2. The van der Waals surface area contributed by atoms with Crippen LogP contribution in [0.15, 0.2) is 41.3 Å². The number of sulfonamides is 1. The van der Waals surface area contributed by atoms with Crippen LogP contribution in [-0.4, -0.2) is 48.0 Å². The first-order valence-electron chi connectivity index (χ1n) is 6.33. The summed E-state index contributed by atoms with van der Waals surface area (Å²) in [5.41, 5.74) is 0. The smallest absolute Gasteiger partial charge is 0.318 e. The molecule has 0 aliphatic heterocycles. The van der Waals surface area contributed by atoms with Gasteiger partial charge in [-0.3, -0.25) is 9.59 Å². The normalized spacial score (nSPS) is 11.7. The van der Waals surface area contributed by atoms with Crippen LogP contribution < -0.4 is 0 Å². The van der Waals surface area contributed by atoms with Gasteiger partial charge in [0.1, 0.15) is 13.1 Å². The number of carbonyl (C=O) groups is 2. The lowest BCUT2D eigenvalue weighted by Crippen LogP contribution is -2.39. The Morgan fingerprint density at radius 1 is 0.957 bits per heavy atom. The summed E-state index contributed by atoms with van der Waals surface area (Å²) in [6.07, 6.45) is 0. The SMILES string of the molecule is O=C(O)CN(CC(=O)O)S(=O)(=O)c1ccc2cc(Cl)ccc2c1. The summed E-state index contributed by atoms with van der Waals surface area (Å²) in [6.45, 7) is -1.87. The summed E-state index contributed by atoms with van der Waals surface area (Å²) in [4.78, 5) is 21.4. The molecule has 0 bridgehead atoms. The lowest BCUT2D eigenvalue weighted by molar-refractivity contribution is -0.139. The maximum absolute atomic E-state index is 12.5. The molecule has 0 aliphatic rings. The summed E-state index contributed by atoms with van der Waals surface area (Å²) in [7, 11) is -4.25. The van der Waals surface area contributed by atoms with Crippen molar-refractivity contribution in [3.05, 3.63) is 41.4 Å². The summed E-state index contributed by atoms with van der Waals surface area (Å²) in [5, 5.41) is 19.4. The highest BCUT2D eigenvalue weighted by Gasteiger charge is 2.28. The molecule has 0 aromatic heterocycles. The second kappa shape index (κ2) is 6.53. The first kappa shape index (κ1) is 17.2. The number of fused-ring (bicyclic) bond motifs is 1. The van der Waals surface area contributed by atoms with Crippen molar-refractivity contribution >= 4 is 44.3 Å². The van der Waals surface area contributed by atoms with E-state index in [0.717, 1.165) is 0 Å². The Hall–Kier alpha value is -2.16. The molecule has 0 spiro atoms. The Bertz CT molecular complexity index is 864. The largest absolute Gasteiger partial charge is 0.480 e. The van der Waals surface area contributed by atoms with Crippen LogP contribution in [0.1, 0.15) is 0 Å². The van der Waals surface area contributed by atoms with E-state index < -0.39 is 35.1 Å². The minimum absolute atomic E-state index is 0.185. The maximum Gasteiger partial charge on any atom is 0.318 e. The van der Waals surface area contributed by atoms with E-state index in [2.05, 4.69) is 0 Å². The van der Waals surface area contributed by atoms with Gasteiger partial charge in [0.15, 0.2) is 0 Å². The number of benzene rings is 2. The highest BCUT2D eigenvalue weighted by Crippen LogP contribution is 2.24. The van der Waals surface area contributed by atoms with Gasteiger partial charge in [-0.05, 0) is 35.0 Å². The van der Waals surface area contributed by atoms with Crippen molar-refractivity contribution in [3.8, 4) is 0 Å². The maximum atomic E-state index is 12.5. The Morgan fingerprint density at radius 2 is 1.48 bits per heavy atom. The van der Waals surface area contributed by atoms with Gasteiger partial charge in [0.25, 0.3) is 0 Å². The summed E-state index contributed by atoms with van der Waals surface area (Å²) in [6, 6.07) is 9.01. The average Bonchev–Trinajstić information content (AvgIpc) is 2.44. The van der Waals surface area contributed by atoms with E-state index in [-0.39, 0.29) is 4.90 Å². The van der Waals surface area contributed by atoms with E-state index in [1.165, 1.54) is 18.2 Å². The van der Waals surface area contributed by atoms with Crippen molar-refractivity contribution in [1.82, 2.24) is 4.31 Å². The van der Waals surface area contributed by atoms with Crippen molar-refractivity contribution in [2.24, 2.45) is 0 Å². The molecule has 0 fully saturated rings. The van der Waals surface area contributed by atoms with Crippen molar-refractivity contribution in [2.75, 3.05) is 13.1 Å². The molecule has 2 N–H and O–H groups in total. The zero-order valence-electron chi connectivity index (χ0n) is 11.6.